The van der Waals surface area contributed by atoms with Gasteiger partial charge < -0.3 is 4.90 Å². The van der Waals surface area contributed by atoms with E-state index in [4.69, 9.17) is 11.6 Å². The Hall–Kier alpha value is -0.870. The number of rotatable bonds is 1. The number of anilines is 1. The number of halogens is 1. The van der Waals surface area contributed by atoms with Crippen LogP contribution in [-0.2, 0) is 0 Å². The molecule has 0 atom stereocenters. The fourth-order valence-electron chi connectivity index (χ4n) is 2.28. The van der Waals surface area contributed by atoms with Gasteiger partial charge in [0, 0.05) is 23.3 Å². The lowest BCUT2D eigenvalue weighted by Gasteiger charge is -2.30. The number of aromatic nitrogens is 2. The van der Waals surface area contributed by atoms with Crippen LogP contribution in [-0.4, -0.2) is 28.4 Å². The maximum absolute atomic E-state index is 6.13. The number of alkyl halides is 1. The Bertz CT molecular complexity index is 532. The van der Waals surface area contributed by atoms with Crippen molar-refractivity contribution in [2.24, 2.45) is 0 Å². The highest BCUT2D eigenvalue weighted by Gasteiger charge is 2.20. The van der Waals surface area contributed by atoms with Crippen LogP contribution in [0, 0.1) is 6.92 Å². The van der Waals surface area contributed by atoms with E-state index in [0.29, 0.717) is 5.38 Å². The molecule has 1 aliphatic heterocycles. The van der Waals surface area contributed by atoms with Gasteiger partial charge in [-0.3, -0.25) is 0 Å². The monoisotopic (exact) mass is 267 g/mol. The van der Waals surface area contributed by atoms with Crippen molar-refractivity contribution in [2.45, 2.75) is 25.1 Å². The lowest BCUT2D eigenvalue weighted by Crippen LogP contribution is -2.34. The van der Waals surface area contributed by atoms with E-state index in [-0.39, 0.29) is 0 Å². The Kier molecular flexibility index (Phi) is 2.92. The summed E-state index contributed by atoms with van der Waals surface area (Å²) in [6.45, 7) is 4.10. The zero-order valence-corrected chi connectivity index (χ0v) is 11.3. The van der Waals surface area contributed by atoms with Gasteiger partial charge in [0.05, 0.1) is 5.39 Å². The molecule has 90 valence electrons. The van der Waals surface area contributed by atoms with Crippen LogP contribution in [0.1, 0.15) is 17.7 Å². The Balaban J connectivity index is 1.99. The summed E-state index contributed by atoms with van der Waals surface area (Å²) in [7, 11) is 0. The van der Waals surface area contributed by atoms with E-state index in [0.717, 1.165) is 36.6 Å². The first-order valence-corrected chi connectivity index (χ1v) is 7.09. The zero-order valence-electron chi connectivity index (χ0n) is 9.69. The van der Waals surface area contributed by atoms with E-state index < -0.39 is 0 Å². The standard InChI is InChI=1S/C12H14ClN3S/c1-8-6-10-11(14-7-15-12(10)17-8)16-4-2-9(13)3-5-16/h6-7,9H,2-5H2,1H3. The minimum Gasteiger partial charge on any atom is -0.356 e. The highest BCUT2D eigenvalue weighted by Crippen LogP contribution is 2.31. The van der Waals surface area contributed by atoms with Crippen molar-refractivity contribution in [1.82, 2.24) is 9.97 Å². The normalized spacial score (nSPS) is 17.9. The quantitative estimate of drug-likeness (QED) is 0.743. The minimum atomic E-state index is 0.327. The Labute approximate surface area is 109 Å². The smallest absolute Gasteiger partial charge is 0.140 e. The molecule has 3 nitrogen and oxygen atoms in total. The topological polar surface area (TPSA) is 29.0 Å². The average Bonchev–Trinajstić information content (AvgIpc) is 2.70. The molecule has 3 heterocycles. The molecule has 1 aliphatic rings. The van der Waals surface area contributed by atoms with Gasteiger partial charge in [-0.15, -0.1) is 22.9 Å². The summed E-state index contributed by atoms with van der Waals surface area (Å²) >= 11 is 7.86. The first kappa shape index (κ1) is 11.2. The third-order valence-electron chi connectivity index (χ3n) is 3.16. The van der Waals surface area contributed by atoms with Crippen molar-refractivity contribution in [3.63, 3.8) is 0 Å². The summed E-state index contributed by atoms with van der Waals surface area (Å²) in [5.74, 6) is 1.07. The minimum absolute atomic E-state index is 0.327. The summed E-state index contributed by atoms with van der Waals surface area (Å²) in [6, 6.07) is 2.18. The van der Waals surface area contributed by atoms with Crippen LogP contribution in [0.2, 0.25) is 0 Å². The molecule has 0 saturated carbocycles. The van der Waals surface area contributed by atoms with Gasteiger partial charge in [0.1, 0.15) is 17.0 Å². The van der Waals surface area contributed by atoms with E-state index >= 15 is 0 Å². The molecule has 1 fully saturated rings. The second-order valence-electron chi connectivity index (χ2n) is 4.43. The van der Waals surface area contributed by atoms with E-state index in [9.17, 15) is 0 Å². The van der Waals surface area contributed by atoms with Gasteiger partial charge in [-0.05, 0) is 25.8 Å². The van der Waals surface area contributed by atoms with Crippen molar-refractivity contribution in [1.29, 1.82) is 0 Å². The predicted octanol–water partition coefficient (Wildman–Crippen LogP) is 3.21. The van der Waals surface area contributed by atoms with Gasteiger partial charge >= 0.3 is 0 Å². The first-order chi connectivity index (χ1) is 8.24. The van der Waals surface area contributed by atoms with Crippen LogP contribution in [0.25, 0.3) is 10.2 Å². The maximum atomic E-state index is 6.13. The molecule has 2 aromatic rings. The first-order valence-electron chi connectivity index (χ1n) is 5.84. The van der Waals surface area contributed by atoms with Crippen molar-refractivity contribution in [3.05, 3.63) is 17.3 Å². The molecule has 1 saturated heterocycles. The van der Waals surface area contributed by atoms with Crippen LogP contribution < -0.4 is 4.90 Å². The highest BCUT2D eigenvalue weighted by molar-refractivity contribution is 7.18. The summed E-state index contributed by atoms with van der Waals surface area (Å²) in [6.07, 6.45) is 3.74. The molecule has 0 aromatic carbocycles. The van der Waals surface area contributed by atoms with E-state index in [1.165, 1.54) is 10.3 Å². The molecule has 0 N–H and O–H groups in total. The van der Waals surface area contributed by atoms with Crippen LogP contribution in [0.4, 0.5) is 5.82 Å². The third kappa shape index (κ3) is 2.11. The van der Waals surface area contributed by atoms with Crippen LogP contribution in [0.15, 0.2) is 12.4 Å². The number of fused-ring (bicyclic) bond motifs is 1. The van der Waals surface area contributed by atoms with E-state index in [2.05, 4.69) is 27.9 Å². The Morgan fingerprint density at radius 1 is 1.35 bits per heavy atom. The number of piperidine rings is 1. The van der Waals surface area contributed by atoms with E-state index in [1.54, 1.807) is 17.7 Å². The molecule has 0 spiro atoms. The third-order valence-corrected chi connectivity index (χ3v) is 4.55. The number of hydrogen-bond donors (Lipinski definition) is 0. The number of thiophene rings is 1. The average molecular weight is 268 g/mol. The number of nitrogens with zero attached hydrogens (tertiary/aromatic N) is 3. The molecule has 17 heavy (non-hydrogen) atoms. The summed E-state index contributed by atoms with van der Waals surface area (Å²) < 4.78 is 0. The molecule has 0 aliphatic carbocycles. The largest absolute Gasteiger partial charge is 0.356 e. The second kappa shape index (κ2) is 4.42. The number of aryl methyl sites for hydroxylation is 1. The molecular weight excluding hydrogens is 254 g/mol. The Morgan fingerprint density at radius 3 is 2.88 bits per heavy atom. The predicted molar refractivity (Wildman–Crippen MR) is 73.2 cm³/mol. The van der Waals surface area contributed by atoms with Crippen LogP contribution in [0.5, 0.6) is 0 Å². The molecule has 0 bridgehead atoms. The maximum Gasteiger partial charge on any atom is 0.140 e. The molecule has 0 unspecified atom stereocenters. The summed E-state index contributed by atoms with van der Waals surface area (Å²) in [4.78, 5) is 13.5. The molecule has 0 amide bonds. The lowest BCUT2D eigenvalue weighted by molar-refractivity contribution is 0.581. The molecular formula is C12H14ClN3S. The SMILES string of the molecule is Cc1cc2c(N3CCC(Cl)CC3)ncnc2s1. The number of hydrogen-bond acceptors (Lipinski definition) is 4. The second-order valence-corrected chi connectivity index (χ2v) is 6.29. The van der Waals surface area contributed by atoms with Gasteiger partial charge in [-0.2, -0.15) is 0 Å². The molecule has 2 aromatic heterocycles. The molecule has 5 heteroatoms. The summed E-state index contributed by atoms with van der Waals surface area (Å²) in [5.41, 5.74) is 0. The summed E-state index contributed by atoms with van der Waals surface area (Å²) in [5, 5.41) is 1.51. The van der Waals surface area contributed by atoms with Gasteiger partial charge in [0.2, 0.25) is 0 Å². The van der Waals surface area contributed by atoms with Gasteiger partial charge in [-0.1, -0.05) is 0 Å². The molecule has 0 radical (unpaired) electrons. The van der Waals surface area contributed by atoms with Gasteiger partial charge in [-0.25, -0.2) is 9.97 Å². The lowest BCUT2D eigenvalue weighted by atomic mass is 10.1. The van der Waals surface area contributed by atoms with Crippen molar-refractivity contribution in [3.8, 4) is 0 Å². The van der Waals surface area contributed by atoms with E-state index in [1.807, 2.05) is 0 Å². The Morgan fingerprint density at radius 2 is 2.12 bits per heavy atom. The van der Waals surface area contributed by atoms with Crippen LogP contribution in [0.3, 0.4) is 0 Å². The van der Waals surface area contributed by atoms with Gasteiger partial charge in [0.15, 0.2) is 0 Å². The fourth-order valence-corrected chi connectivity index (χ4v) is 3.31. The van der Waals surface area contributed by atoms with Crippen LogP contribution >= 0.6 is 22.9 Å². The van der Waals surface area contributed by atoms with Crippen molar-refractivity contribution < 1.29 is 0 Å². The van der Waals surface area contributed by atoms with Gasteiger partial charge in [0.25, 0.3) is 0 Å². The van der Waals surface area contributed by atoms with Crippen molar-refractivity contribution >= 4 is 39.0 Å². The van der Waals surface area contributed by atoms with Crippen molar-refractivity contribution in [2.75, 3.05) is 18.0 Å². The molecule has 3 rings (SSSR count). The zero-order chi connectivity index (χ0) is 11.8. The highest BCUT2D eigenvalue weighted by atomic mass is 35.5. The fraction of sp³-hybridized carbons (Fsp3) is 0.500.